The number of hydrogen-bond donors (Lipinski definition) is 2. The van der Waals surface area contributed by atoms with Gasteiger partial charge in [-0.3, -0.25) is 15.2 Å². The van der Waals surface area contributed by atoms with Crippen molar-refractivity contribution in [3.8, 4) is 0 Å². The standard InChI is InChI=1S/C37H55F2N5/c1-9-17-37(8,18-15-30-24-43(19-16-26(30)5)23-29-13-11-12-14-29)42-36-40-22-33(39)35(41-36)31-20-32(38)28(7)34(21-31)44(25(3)4)27(6)10-2/h10,15,18,20-22,25,29,36,41-42H,9,11-14,16-17,19,23-24H2,1-8H3/b18-15-,27-10-. The molecule has 2 heterocycles. The van der Waals surface area contributed by atoms with E-state index in [-0.39, 0.29) is 23.1 Å². The maximum atomic E-state index is 15.3. The van der Waals surface area contributed by atoms with Gasteiger partial charge in [0.1, 0.15) is 5.82 Å². The molecule has 0 aromatic heterocycles. The fourth-order valence-electron chi connectivity index (χ4n) is 6.99. The molecular weight excluding hydrogens is 552 g/mol. The van der Waals surface area contributed by atoms with Crippen LogP contribution in [0.25, 0.3) is 5.70 Å². The number of nitrogens with zero attached hydrogens (tertiary/aromatic N) is 3. The van der Waals surface area contributed by atoms with Crippen LogP contribution in [0, 0.1) is 18.7 Å². The van der Waals surface area contributed by atoms with Gasteiger partial charge in [0.05, 0.1) is 11.9 Å². The van der Waals surface area contributed by atoms with Crippen LogP contribution in [0.5, 0.6) is 0 Å². The lowest BCUT2D eigenvalue weighted by Gasteiger charge is -2.35. The summed E-state index contributed by atoms with van der Waals surface area (Å²) >= 11 is 0. The third-order valence-electron chi connectivity index (χ3n) is 9.66. The van der Waals surface area contributed by atoms with Crippen molar-refractivity contribution >= 4 is 17.6 Å². The van der Waals surface area contributed by atoms with Crippen LogP contribution in [0.15, 0.2) is 58.0 Å². The Labute approximate surface area is 265 Å². The number of halogens is 2. The predicted molar refractivity (Wildman–Crippen MR) is 183 cm³/mol. The molecule has 2 atom stereocenters. The molecular formula is C37H55F2N5. The molecule has 0 spiro atoms. The number of rotatable bonds is 12. The SMILES string of the molecule is C/C=C(/C)N(c1cc(C2=C(F)C=NC(NC(C)(/C=C\C3=C(C)CCN(CC4CCCC4)C3)CCC)N2)cc(F)c1C)C(C)C. The van der Waals surface area contributed by atoms with E-state index in [0.29, 0.717) is 11.1 Å². The molecule has 4 rings (SSSR count). The zero-order valence-corrected chi connectivity index (χ0v) is 28.4. The molecule has 0 amide bonds. The van der Waals surface area contributed by atoms with Crippen molar-refractivity contribution in [1.29, 1.82) is 0 Å². The Morgan fingerprint density at radius 2 is 1.95 bits per heavy atom. The van der Waals surface area contributed by atoms with Crippen LogP contribution in [-0.2, 0) is 0 Å². The average Bonchev–Trinajstić information content (AvgIpc) is 3.49. The van der Waals surface area contributed by atoms with Crippen LogP contribution in [0.3, 0.4) is 0 Å². The van der Waals surface area contributed by atoms with Gasteiger partial charge < -0.3 is 10.2 Å². The first-order valence-electron chi connectivity index (χ1n) is 16.7. The molecule has 242 valence electrons. The Bertz CT molecular complexity index is 1320. The van der Waals surface area contributed by atoms with E-state index in [1.54, 1.807) is 6.92 Å². The zero-order chi connectivity index (χ0) is 32.0. The summed E-state index contributed by atoms with van der Waals surface area (Å²) in [6, 6.07) is 3.40. The van der Waals surface area contributed by atoms with Crippen molar-refractivity contribution in [2.24, 2.45) is 10.9 Å². The van der Waals surface area contributed by atoms with Crippen molar-refractivity contribution in [3.63, 3.8) is 0 Å². The van der Waals surface area contributed by atoms with Crippen molar-refractivity contribution in [2.45, 2.75) is 118 Å². The first-order chi connectivity index (χ1) is 20.9. The molecule has 1 fully saturated rings. The Balaban J connectivity index is 1.53. The highest BCUT2D eigenvalue weighted by atomic mass is 19.1. The Morgan fingerprint density at radius 1 is 1.23 bits per heavy atom. The molecule has 2 N–H and O–H groups in total. The van der Waals surface area contributed by atoms with E-state index in [1.807, 2.05) is 26.0 Å². The smallest absolute Gasteiger partial charge is 0.174 e. The number of hydrogen-bond acceptors (Lipinski definition) is 5. The predicted octanol–water partition coefficient (Wildman–Crippen LogP) is 8.79. The zero-order valence-electron chi connectivity index (χ0n) is 28.4. The minimum Gasteiger partial charge on any atom is -0.349 e. The van der Waals surface area contributed by atoms with E-state index in [9.17, 15) is 0 Å². The van der Waals surface area contributed by atoms with Gasteiger partial charge in [-0.15, -0.1) is 0 Å². The number of benzene rings is 1. The van der Waals surface area contributed by atoms with E-state index in [2.05, 4.69) is 72.2 Å². The van der Waals surface area contributed by atoms with Gasteiger partial charge in [-0.1, -0.05) is 50.0 Å². The molecule has 0 radical (unpaired) electrons. The molecule has 1 aromatic rings. The third kappa shape index (κ3) is 8.28. The molecule has 2 aliphatic heterocycles. The van der Waals surface area contributed by atoms with Crippen LogP contribution >= 0.6 is 0 Å². The van der Waals surface area contributed by atoms with E-state index in [0.717, 1.165) is 49.7 Å². The molecule has 7 heteroatoms. The third-order valence-corrected chi connectivity index (χ3v) is 9.66. The van der Waals surface area contributed by atoms with Gasteiger partial charge in [0.15, 0.2) is 12.1 Å². The van der Waals surface area contributed by atoms with E-state index in [4.69, 9.17) is 0 Å². The van der Waals surface area contributed by atoms with E-state index < -0.39 is 12.1 Å². The number of anilines is 1. The van der Waals surface area contributed by atoms with Crippen LogP contribution in [0.1, 0.15) is 105 Å². The number of allylic oxidation sites excluding steroid dienone is 3. The molecule has 2 unspecified atom stereocenters. The molecule has 3 aliphatic rings. The summed E-state index contributed by atoms with van der Waals surface area (Å²) in [6.45, 7) is 19.9. The highest BCUT2D eigenvalue weighted by Crippen LogP contribution is 2.33. The second kappa shape index (κ2) is 15.0. The second-order valence-electron chi connectivity index (χ2n) is 13.6. The Hall–Kier alpha value is -2.77. The highest BCUT2D eigenvalue weighted by Gasteiger charge is 2.29. The van der Waals surface area contributed by atoms with Gasteiger partial charge in [0.2, 0.25) is 0 Å². The fourth-order valence-corrected chi connectivity index (χ4v) is 6.99. The van der Waals surface area contributed by atoms with E-state index >= 15 is 8.78 Å². The Morgan fingerprint density at radius 3 is 2.61 bits per heavy atom. The summed E-state index contributed by atoms with van der Waals surface area (Å²) in [6.07, 6.45) is 15.8. The second-order valence-corrected chi connectivity index (χ2v) is 13.6. The van der Waals surface area contributed by atoms with Crippen molar-refractivity contribution in [2.75, 3.05) is 24.5 Å². The molecule has 1 aromatic carbocycles. The molecule has 44 heavy (non-hydrogen) atoms. The van der Waals surface area contributed by atoms with Gasteiger partial charge in [-0.25, -0.2) is 8.78 Å². The summed E-state index contributed by atoms with van der Waals surface area (Å²) in [5.41, 5.74) is 5.49. The highest BCUT2D eigenvalue weighted by molar-refractivity contribution is 5.90. The Kier molecular flexibility index (Phi) is 11.6. The largest absolute Gasteiger partial charge is 0.349 e. The van der Waals surface area contributed by atoms with E-state index in [1.165, 1.54) is 55.7 Å². The molecule has 0 bridgehead atoms. The lowest BCUT2D eigenvalue weighted by atomic mass is 9.92. The molecule has 5 nitrogen and oxygen atoms in total. The van der Waals surface area contributed by atoms with Gasteiger partial charge in [0, 0.05) is 53.7 Å². The van der Waals surface area contributed by atoms with Crippen molar-refractivity contribution in [3.05, 3.63) is 70.0 Å². The summed E-state index contributed by atoms with van der Waals surface area (Å²) in [5.74, 6) is -0.0191. The summed E-state index contributed by atoms with van der Waals surface area (Å²) in [4.78, 5) is 9.17. The normalized spacial score (nSPS) is 22.0. The minimum absolute atomic E-state index is 0.105. The average molecular weight is 608 g/mol. The minimum atomic E-state index is -0.558. The lowest BCUT2D eigenvalue weighted by Crippen LogP contribution is -2.52. The number of aliphatic imine (C=N–C) groups is 1. The first-order valence-corrected chi connectivity index (χ1v) is 16.7. The summed E-state index contributed by atoms with van der Waals surface area (Å²) in [7, 11) is 0. The van der Waals surface area contributed by atoms with Crippen LogP contribution in [-0.4, -0.2) is 48.6 Å². The van der Waals surface area contributed by atoms with Gasteiger partial charge >= 0.3 is 0 Å². The monoisotopic (exact) mass is 607 g/mol. The topological polar surface area (TPSA) is 42.9 Å². The molecule has 1 aliphatic carbocycles. The van der Waals surface area contributed by atoms with Crippen LogP contribution in [0.4, 0.5) is 14.5 Å². The maximum absolute atomic E-state index is 15.3. The molecule has 0 saturated heterocycles. The first kappa shape index (κ1) is 34.1. The van der Waals surface area contributed by atoms with Crippen LogP contribution < -0.4 is 15.5 Å². The quantitative estimate of drug-likeness (QED) is 0.249. The van der Waals surface area contributed by atoms with Crippen LogP contribution in [0.2, 0.25) is 0 Å². The summed E-state index contributed by atoms with van der Waals surface area (Å²) in [5, 5.41) is 6.90. The van der Waals surface area contributed by atoms with Crippen molar-refractivity contribution in [1.82, 2.24) is 15.5 Å². The lowest BCUT2D eigenvalue weighted by molar-refractivity contribution is 0.242. The summed E-state index contributed by atoms with van der Waals surface area (Å²) < 4.78 is 30.7. The van der Waals surface area contributed by atoms with Crippen molar-refractivity contribution < 1.29 is 8.78 Å². The van der Waals surface area contributed by atoms with Gasteiger partial charge in [-0.2, -0.15) is 0 Å². The number of nitrogens with one attached hydrogen (secondary N) is 2. The van der Waals surface area contributed by atoms with Gasteiger partial charge in [0.25, 0.3) is 0 Å². The molecule has 1 saturated carbocycles. The maximum Gasteiger partial charge on any atom is 0.174 e. The van der Waals surface area contributed by atoms with Gasteiger partial charge in [-0.05, 0) is 97.8 Å². The fraction of sp³-hybridized carbons (Fsp3) is 0.595.